The third-order valence-electron chi connectivity index (χ3n) is 2.88. The van der Waals surface area contributed by atoms with Gasteiger partial charge >= 0.3 is 0 Å². The van der Waals surface area contributed by atoms with E-state index in [1.807, 2.05) is 26.0 Å². The fourth-order valence-corrected chi connectivity index (χ4v) is 1.38. The smallest absolute Gasteiger partial charge is 0.0404 e. The molecule has 0 saturated carbocycles. The lowest BCUT2D eigenvalue weighted by Gasteiger charge is -2.40. The van der Waals surface area contributed by atoms with E-state index in [2.05, 4.69) is 13.8 Å². The molecule has 0 fully saturated rings. The molecule has 0 spiro atoms. The van der Waals surface area contributed by atoms with Crippen molar-refractivity contribution < 1.29 is 0 Å². The van der Waals surface area contributed by atoms with Gasteiger partial charge in [0.25, 0.3) is 0 Å². The fourth-order valence-electron chi connectivity index (χ4n) is 1.38. The molecule has 1 aliphatic carbocycles. The van der Waals surface area contributed by atoms with Crippen molar-refractivity contribution in [2.45, 2.75) is 33.2 Å². The Kier molecular flexibility index (Phi) is 5.29. The predicted octanol–water partition coefficient (Wildman–Crippen LogP) is 2.38. The van der Waals surface area contributed by atoms with Crippen molar-refractivity contribution in [3.8, 4) is 0 Å². The van der Waals surface area contributed by atoms with E-state index in [1.54, 1.807) is 0 Å². The SMILES string of the molecule is CC1=CC(C)(N)C(C)(C)C=C1N.Cl.Cl. The molecule has 14 heavy (non-hydrogen) atoms. The monoisotopic (exact) mass is 238 g/mol. The molecule has 0 aromatic rings. The van der Waals surface area contributed by atoms with Gasteiger partial charge in [-0.2, -0.15) is 0 Å². The molecule has 0 aliphatic heterocycles. The highest BCUT2D eigenvalue weighted by Crippen LogP contribution is 2.37. The van der Waals surface area contributed by atoms with Crippen molar-refractivity contribution >= 4 is 24.8 Å². The van der Waals surface area contributed by atoms with Gasteiger partial charge in [0, 0.05) is 16.7 Å². The Morgan fingerprint density at radius 1 is 1.07 bits per heavy atom. The summed E-state index contributed by atoms with van der Waals surface area (Å²) in [6.45, 7) is 8.22. The highest BCUT2D eigenvalue weighted by atomic mass is 35.5. The van der Waals surface area contributed by atoms with Crippen molar-refractivity contribution in [1.82, 2.24) is 0 Å². The lowest BCUT2D eigenvalue weighted by atomic mass is 9.69. The summed E-state index contributed by atoms with van der Waals surface area (Å²) in [7, 11) is 0. The highest BCUT2D eigenvalue weighted by Gasteiger charge is 2.36. The van der Waals surface area contributed by atoms with Crippen LogP contribution in [0.5, 0.6) is 0 Å². The van der Waals surface area contributed by atoms with E-state index in [9.17, 15) is 0 Å². The third kappa shape index (κ3) is 2.66. The maximum atomic E-state index is 6.13. The van der Waals surface area contributed by atoms with Gasteiger partial charge in [0.2, 0.25) is 0 Å². The second-order valence-corrected chi connectivity index (χ2v) is 4.43. The summed E-state index contributed by atoms with van der Waals surface area (Å²) in [6, 6.07) is 0. The molecule has 0 radical (unpaired) electrons. The minimum Gasteiger partial charge on any atom is -0.399 e. The number of hydrogen-bond donors (Lipinski definition) is 2. The molecular weight excluding hydrogens is 219 g/mol. The van der Waals surface area contributed by atoms with Crippen molar-refractivity contribution in [2.75, 3.05) is 0 Å². The van der Waals surface area contributed by atoms with E-state index in [0.29, 0.717) is 0 Å². The minimum atomic E-state index is -0.292. The molecule has 1 rings (SSSR count). The average Bonchev–Trinajstić information content (AvgIpc) is 1.82. The van der Waals surface area contributed by atoms with E-state index in [1.165, 1.54) is 0 Å². The molecule has 0 aromatic carbocycles. The van der Waals surface area contributed by atoms with Crippen LogP contribution in [0, 0.1) is 5.41 Å². The second-order valence-electron chi connectivity index (χ2n) is 4.43. The first-order valence-corrected chi connectivity index (χ1v) is 4.23. The largest absolute Gasteiger partial charge is 0.399 e. The zero-order chi connectivity index (χ0) is 9.57. The van der Waals surface area contributed by atoms with Crippen LogP contribution in [-0.2, 0) is 0 Å². The van der Waals surface area contributed by atoms with Crippen LogP contribution in [0.2, 0.25) is 0 Å². The Hall–Kier alpha value is -0.180. The molecule has 84 valence electrons. The molecule has 1 aliphatic rings. The van der Waals surface area contributed by atoms with Gasteiger partial charge in [0.15, 0.2) is 0 Å². The molecule has 0 heterocycles. The van der Waals surface area contributed by atoms with Crippen molar-refractivity contribution in [3.63, 3.8) is 0 Å². The summed E-state index contributed by atoms with van der Waals surface area (Å²) < 4.78 is 0. The number of hydrogen-bond acceptors (Lipinski definition) is 2. The molecule has 0 saturated heterocycles. The molecule has 4 N–H and O–H groups in total. The van der Waals surface area contributed by atoms with Crippen LogP contribution in [0.1, 0.15) is 27.7 Å². The van der Waals surface area contributed by atoms with E-state index < -0.39 is 0 Å². The maximum Gasteiger partial charge on any atom is 0.0404 e. The fraction of sp³-hybridized carbons (Fsp3) is 0.600. The van der Waals surface area contributed by atoms with Gasteiger partial charge in [-0.05, 0) is 19.4 Å². The molecule has 0 amide bonds. The summed E-state index contributed by atoms with van der Waals surface area (Å²) in [5, 5.41) is 0. The lowest BCUT2D eigenvalue weighted by molar-refractivity contribution is 0.299. The van der Waals surface area contributed by atoms with Gasteiger partial charge in [-0.25, -0.2) is 0 Å². The molecule has 0 bridgehead atoms. The van der Waals surface area contributed by atoms with Crippen LogP contribution in [0.25, 0.3) is 0 Å². The standard InChI is InChI=1S/C10H18N2.2ClH/c1-7-5-10(4,12)9(2,3)6-8(7)11;;/h5-6H,11-12H2,1-4H3;2*1H. The summed E-state index contributed by atoms with van der Waals surface area (Å²) in [6.07, 6.45) is 4.09. The Morgan fingerprint density at radius 3 is 1.86 bits per heavy atom. The summed E-state index contributed by atoms with van der Waals surface area (Å²) >= 11 is 0. The van der Waals surface area contributed by atoms with E-state index in [4.69, 9.17) is 11.5 Å². The number of halogens is 2. The van der Waals surface area contributed by atoms with Gasteiger partial charge in [0.05, 0.1) is 0 Å². The second kappa shape index (κ2) is 4.56. The minimum absolute atomic E-state index is 0. The average molecular weight is 239 g/mol. The van der Waals surface area contributed by atoms with Crippen LogP contribution >= 0.6 is 24.8 Å². The summed E-state index contributed by atoms with van der Waals surface area (Å²) in [4.78, 5) is 0. The number of rotatable bonds is 0. The van der Waals surface area contributed by atoms with Crippen LogP contribution in [0.3, 0.4) is 0 Å². The van der Waals surface area contributed by atoms with Crippen LogP contribution < -0.4 is 11.5 Å². The quantitative estimate of drug-likeness (QED) is 0.681. The van der Waals surface area contributed by atoms with Gasteiger partial charge in [-0.15, -0.1) is 24.8 Å². The first-order chi connectivity index (χ1) is 5.26. The van der Waals surface area contributed by atoms with Crippen molar-refractivity contribution in [3.05, 3.63) is 23.4 Å². The topological polar surface area (TPSA) is 52.0 Å². The predicted molar refractivity (Wildman–Crippen MR) is 66.9 cm³/mol. The van der Waals surface area contributed by atoms with E-state index >= 15 is 0 Å². The molecule has 0 aromatic heterocycles. The molecule has 4 heteroatoms. The summed E-state index contributed by atoms with van der Waals surface area (Å²) in [5.41, 5.74) is 13.5. The zero-order valence-electron chi connectivity index (χ0n) is 9.13. The Morgan fingerprint density at radius 2 is 1.50 bits per heavy atom. The zero-order valence-corrected chi connectivity index (χ0v) is 10.8. The Bertz CT molecular complexity index is 237. The van der Waals surface area contributed by atoms with Gasteiger partial charge in [-0.3, -0.25) is 0 Å². The van der Waals surface area contributed by atoms with E-state index in [-0.39, 0.29) is 35.8 Å². The highest BCUT2D eigenvalue weighted by molar-refractivity contribution is 5.85. The first kappa shape index (κ1) is 16.3. The first-order valence-electron chi connectivity index (χ1n) is 4.23. The molecular formula is C10H20Cl2N2. The van der Waals surface area contributed by atoms with Crippen LogP contribution in [-0.4, -0.2) is 5.54 Å². The van der Waals surface area contributed by atoms with Gasteiger partial charge in [-0.1, -0.05) is 26.0 Å². The van der Waals surface area contributed by atoms with Crippen molar-refractivity contribution in [2.24, 2.45) is 16.9 Å². The number of allylic oxidation sites excluding steroid dienone is 1. The molecule has 1 atom stereocenters. The van der Waals surface area contributed by atoms with Gasteiger partial charge in [0.1, 0.15) is 0 Å². The molecule has 1 unspecified atom stereocenters. The normalized spacial score (nSPS) is 29.2. The third-order valence-corrected chi connectivity index (χ3v) is 2.88. The van der Waals surface area contributed by atoms with Crippen LogP contribution in [0.15, 0.2) is 23.4 Å². The molecule has 2 nitrogen and oxygen atoms in total. The maximum absolute atomic E-state index is 6.13. The summed E-state index contributed by atoms with van der Waals surface area (Å²) in [5.74, 6) is 0. The lowest BCUT2D eigenvalue weighted by Crippen LogP contribution is -2.49. The van der Waals surface area contributed by atoms with Crippen molar-refractivity contribution in [1.29, 1.82) is 0 Å². The van der Waals surface area contributed by atoms with Crippen LogP contribution in [0.4, 0.5) is 0 Å². The Balaban J connectivity index is 0. The van der Waals surface area contributed by atoms with E-state index in [0.717, 1.165) is 11.3 Å². The number of nitrogens with two attached hydrogens (primary N) is 2. The van der Waals surface area contributed by atoms with Gasteiger partial charge < -0.3 is 11.5 Å². The Labute approximate surface area is 98.6 Å².